The van der Waals surface area contributed by atoms with Gasteiger partial charge >= 0.3 is 6.36 Å². The van der Waals surface area contributed by atoms with Gasteiger partial charge in [-0.3, -0.25) is 0 Å². The molecule has 3 aromatic rings. The maximum atomic E-state index is 12.1. The Balaban J connectivity index is 1.68. The Bertz CT molecular complexity index is 817. The molecule has 1 heterocycles. The van der Waals surface area contributed by atoms with E-state index in [0.29, 0.717) is 22.9 Å². The number of fused-ring (bicyclic) bond motifs is 1. The summed E-state index contributed by atoms with van der Waals surface area (Å²) in [5, 5.41) is 11.6. The molecule has 3 rings (SSSR count). The van der Waals surface area contributed by atoms with Gasteiger partial charge in [-0.15, -0.1) is 18.3 Å². The van der Waals surface area contributed by atoms with Crippen LogP contribution in [0.5, 0.6) is 5.75 Å². The summed E-state index contributed by atoms with van der Waals surface area (Å²) >= 11 is 5.88. The van der Waals surface area contributed by atoms with Crippen LogP contribution in [0.2, 0.25) is 5.02 Å². The number of ether oxygens (including phenoxy) is 1. The van der Waals surface area contributed by atoms with Crippen molar-refractivity contribution in [3.63, 3.8) is 0 Å². The standard InChI is InChI=1S/C14H10ClF3N4O/c15-9-1-6-13-12(7-9)20-21-22(13)8-19-10-2-4-11(5-3-10)23-14(16,17)18/h1-7,19H,8H2. The molecular weight excluding hydrogens is 333 g/mol. The van der Waals surface area contributed by atoms with Gasteiger partial charge in [0.05, 0.1) is 5.52 Å². The zero-order valence-electron chi connectivity index (χ0n) is 11.5. The molecular formula is C14H10ClF3N4O. The molecule has 5 nitrogen and oxygen atoms in total. The van der Waals surface area contributed by atoms with Crippen LogP contribution in [0.1, 0.15) is 0 Å². The highest BCUT2D eigenvalue weighted by Gasteiger charge is 2.30. The van der Waals surface area contributed by atoms with Gasteiger partial charge in [0.15, 0.2) is 0 Å². The number of rotatable bonds is 4. The van der Waals surface area contributed by atoms with Crippen LogP contribution in [0.3, 0.4) is 0 Å². The summed E-state index contributed by atoms with van der Waals surface area (Å²) in [5.41, 5.74) is 2.07. The lowest BCUT2D eigenvalue weighted by Crippen LogP contribution is -2.17. The zero-order chi connectivity index (χ0) is 16.4. The number of aromatic nitrogens is 3. The van der Waals surface area contributed by atoms with E-state index in [1.165, 1.54) is 24.3 Å². The minimum atomic E-state index is -4.70. The molecule has 2 aromatic carbocycles. The Kier molecular flexibility index (Phi) is 3.99. The number of hydrogen-bond donors (Lipinski definition) is 1. The second-order valence-electron chi connectivity index (χ2n) is 4.63. The highest BCUT2D eigenvalue weighted by Crippen LogP contribution is 2.24. The first-order chi connectivity index (χ1) is 10.9. The van der Waals surface area contributed by atoms with E-state index < -0.39 is 6.36 Å². The second-order valence-corrected chi connectivity index (χ2v) is 5.07. The van der Waals surface area contributed by atoms with Crippen LogP contribution >= 0.6 is 11.6 Å². The van der Waals surface area contributed by atoms with E-state index in [4.69, 9.17) is 11.6 Å². The Morgan fingerprint density at radius 3 is 2.57 bits per heavy atom. The van der Waals surface area contributed by atoms with Gasteiger partial charge in [-0.2, -0.15) is 0 Å². The third-order valence-corrected chi connectivity index (χ3v) is 3.23. The van der Waals surface area contributed by atoms with Crippen LogP contribution in [-0.2, 0) is 6.67 Å². The number of halogens is 4. The van der Waals surface area contributed by atoms with E-state index in [9.17, 15) is 13.2 Å². The first-order valence-corrected chi connectivity index (χ1v) is 6.87. The van der Waals surface area contributed by atoms with Crippen molar-refractivity contribution in [1.29, 1.82) is 0 Å². The Labute approximate surface area is 133 Å². The Morgan fingerprint density at radius 2 is 1.87 bits per heavy atom. The van der Waals surface area contributed by atoms with Crippen LogP contribution in [0, 0.1) is 0 Å². The molecule has 1 N–H and O–H groups in total. The van der Waals surface area contributed by atoms with E-state index in [2.05, 4.69) is 20.4 Å². The number of benzene rings is 2. The average molecular weight is 343 g/mol. The molecule has 0 amide bonds. The van der Waals surface area contributed by atoms with Crippen LogP contribution in [0.4, 0.5) is 18.9 Å². The molecule has 0 bridgehead atoms. The average Bonchev–Trinajstić information content (AvgIpc) is 2.87. The van der Waals surface area contributed by atoms with E-state index in [0.717, 1.165) is 5.52 Å². The van der Waals surface area contributed by atoms with Crippen molar-refractivity contribution in [3.05, 3.63) is 47.5 Å². The monoisotopic (exact) mass is 342 g/mol. The Hall–Kier alpha value is -2.48. The third kappa shape index (κ3) is 3.84. The normalized spacial score (nSPS) is 11.7. The largest absolute Gasteiger partial charge is 0.573 e. The predicted octanol–water partition coefficient (Wildman–Crippen LogP) is 4.05. The number of alkyl halides is 3. The van der Waals surface area contributed by atoms with Crippen LogP contribution in [-0.4, -0.2) is 21.4 Å². The van der Waals surface area contributed by atoms with Gasteiger partial charge in [0, 0.05) is 10.7 Å². The fourth-order valence-corrected chi connectivity index (χ4v) is 2.17. The van der Waals surface area contributed by atoms with Crippen molar-refractivity contribution in [2.75, 3.05) is 5.32 Å². The van der Waals surface area contributed by atoms with Gasteiger partial charge in [-0.1, -0.05) is 16.8 Å². The summed E-state index contributed by atoms with van der Waals surface area (Å²) in [4.78, 5) is 0. The number of anilines is 1. The van der Waals surface area contributed by atoms with E-state index >= 15 is 0 Å². The SMILES string of the molecule is FC(F)(F)Oc1ccc(NCn2nnc3cc(Cl)ccc32)cc1. The van der Waals surface area contributed by atoms with Gasteiger partial charge in [-0.25, -0.2) is 4.68 Å². The maximum Gasteiger partial charge on any atom is 0.573 e. The summed E-state index contributed by atoms with van der Waals surface area (Å²) in [5.74, 6) is -0.274. The molecule has 0 saturated carbocycles. The van der Waals surface area contributed by atoms with E-state index in [1.807, 2.05) is 0 Å². The smallest absolute Gasteiger partial charge is 0.406 e. The van der Waals surface area contributed by atoms with Crippen LogP contribution in [0.25, 0.3) is 11.0 Å². The first kappa shape index (κ1) is 15.4. The molecule has 0 aliphatic rings. The van der Waals surface area contributed by atoms with Gasteiger partial charge < -0.3 is 10.1 Å². The maximum absolute atomic E-state index is 12.1. The molecule has 0 aliphatic heterocycles. The highest BCUT2D eigenvalue weighted by atomic mass is 35.5. The fraction of sp³-hybridized carbons (Fsp3) is 0.143. The zero-order valence-corrected chi connectivity index (χ0v) is 12.3. The first-order valence-electron chi connectivity index (χ1n) is 6.49. The topological polar surface area (TPSA) is 52.0 Å². The van der Waals surface area contributed by atoms with Crippen LogP contribution < -0.4 is 10.1 Å². The second kappa shape index (κ2) is 5.96. The lowest BCUT2D eigenvalue weighted by atomic mass is 10.3. The summed E-state index contributed by atoms with van der Waals surface area (Å²) in [6, 6.07) is 10.6. The molecule has 0 fully saturated rings. The molecule has 0 radical (unpaired) electrons. The number of nitrogens with zero attached hydrogens (tertiary/aromatic N) is 3. The minimum Gasteiger partial charge on any atom is -0.406 e. The van der Waals surface area contributed by atoms with Gasteiger partial charge in [-0.05, 0) is 42.5 Å². The summed E-state index contributed by atoms with van der Waals surface area (Å²) in [6.07, 6.45) is -4.70. The molecule has 0 saturated heterocycles. The molecule has 1 aromatic heterocycles. The quantitative estimate of drug-likeness (QED) is 0.777. The van der Waals surface area contributed by atoms with E-state index in [-0.39, 0.29) is 5.75 Å². The predicted molar refractivity (Wildman–Crippen MR) is 79.3 cm³/mol. The van der Waals surface area contributed by atoms with Gasteiger partial charge in [0.2, 0.25) is 0 Å². The van der Waals surface area contributed by atoms with Gasteiger partial charge in [0.1, 0.15) is 17.9 Å². The lowest BCUT2D eigenvalue weighted by molar-refractivity contribution is -0.274. The lowest BCUT2D eigenvalue weighted by Gasteiger charge is -2.10. The van der Waals surface area contributed by atoms with Crippen LogP contribution in [0.15, 0.2) is 42.5 Å². The van der Waals surface area contributed by atoms with Crippen molar-refractivity contribution in [1.82, 2.24) is 15.0 Å². The summed E-state index contributed by atoms with van der Waals surface area (Å²) in [7, 11) is 0. The summed E-state index contributed by atoms with van der Waals surface area (Å²) in [6.45, 7) is 0.303. The fourth-order valence-electron chi connectivity index (χ4n) is 2.00. The Morgan fingerprint density at radius 1 is 1.13 bits per heavy atom. The van der Waals surface area contributed by atoms with Crippen molar-refractivity contribution in [2.24, 2.45) is 0 Å². The molecule has 0 aliphatic carbocycles. The molecule has 0 atom stereocenters. The third-order valence-electron chi connectivity index (χ3n) is 3.00. The van der Waals surface area contributed by atoms with Crippen molar-refractivity contribution in [2.45, 2.75) is 13.0 Å². The molecule has 0 unspecified atom stereocenters. The minimum absolute atomic E-state index is 0.274. The number of nitrogens with one attached hydrogen (secondary N) is 1. The highest BCUT2D eigenvalue weighted by molar-refractivity contribution is 6.31. The molecule has 0 spiro atoms. The van der Waals surface area contributed by atoms with Crippen molar-refractivity contribution >= 4 is 28.3 Å². The van der Waals surface area contributed by atoms with Crippen molar-refractivity contribution in [3.8, 4) is 5.75 Å². The number of hydrogen-bond acceptors (Lipinski definition) is 4. The molecule has 120 valence electrons. The van der Waals surface area contributed by atoms with Crippen molar-refractivity contribution < 1.29 is 17.9 Å². The molecule has 9 heteroatoms. The van der Waals surface area contributed by atoms with E-state index in [1.54, 1.807) is 22.9 Å². The molecule has 23 heavy (non-hydrogen) atoms. The summed E-state index contributed by atoms with van der Waals surface area (Å²) < 4.78 is 41.7. The van der Waals surface area contributed by atoms with Gasteiger partial charge in [0.25, 0.3) is 0 Å².